The number of alkyl halides is 1. The van der Waals surface area contributed by atoms with Crippen molar-refractivity contribution in [2.24, 2.45) is 34.1 Å². The number of aliphatic hydroxyl groups excluding tert-OH is 1. The lowest BCUT2D eigenvalue weighted by Gasteiger charge is -2.58. The fourth-order valence-corrected chi connectivity index (χ4v) is 8.14. The minimum absolute atomic E-state index is 0.496. The van der Waals surface area contributed by atoms with Crippen molar-refractivity contribution < 1.29 is 5.11 Å². The third-order valence-corrected chi connectivity index (χ3v) is 9.03. The summed E-state index contributed by atoms with van der Waals surface area (Å²) in [5, 5.41) is 13.8. The smallest absolute Gasteiger partial charge is 0.100 e. The zero-order valence-electron chi connectivity index (χ0n) is 19.1. The summed E-state index contributed by atoms with van der Waals surface area (Å²) in [4.78, 5) is 4.47. The Morgan fingerprint density at radius 2 is 1.81 bits per heavy atom. The molecule has 0 aromatic carbocycles. The van der Waals surface area contributed by atoms with Gasteiger partial charge in [0.2, 0.25) is 0 Å². The molecule has 4 fully saturated rings. The third-order valence-electron chi connectivity index (χ3n) is 8.43. The Labute approximate surface area is 202 Å². The second kappa shape index (κ2) is 9.41. The molecule has 6 rings (SSSR count). The van der Waals surface area contributed by atoms with Crippen molar-refractivity contribution in [3.05, 3.63) is 46.1 Å². The molecular formula is C27H36Cl2N2O. The van der Waals surface area contributed by atoms with Gasteiger partial charge >= 0.3 is 0 Å². The summed E-state index contributed by atoms with van der Waals surface area (Å²) in [5.74, 6) is 3.58. The fourth-order valence-electron chi connectivity index (χ4n) is 7.53. The lowest BCUT2D eigenvalue weighted by atomic mass is 9.47. The first-order valence-corrected chi connectivity index (χ1v) is 13.2. The van der Waals surface area contributed by atoms with Crippen molar-refractivity contribution in [1.29, 1.82) is 0 Å². The number of nitrogens with zero attached hydrogens (tertiary/aromatic N) is 1. The molecule has 32 heavy (non-hydrogen) atoms. The van der Waals surface area contributed by atoms with Gasteiger partial charge in [0.15, 0.2) is 0 Å². The Morgan fingerprint density at radius 1 is 1.12 bits per heavy atom. The Morgan fingerprint density at radius 3 is 2.50 bits per heavy atom. The summed E-state index contributed by atoms with van der Waals surface area (Å²) in [5.41, 5.74) is 4.41. The lowest BCUT2D eigenvalue weighted by molar-refractivity contribution is -0.0329. The van der Waals surface area contributed by atoms with Crippen molar-refractivity contribution in [1.82, 2.24) is 5.32 Å². The van der Waals surface area contributed by atoms with E-state index in [2.05, 4.69) is 29.4 Å². The highest BCUT2D eigenvalue weighted by Crippen LogP contribution is 2.63. The number of aliphatic imine (C=N–C) groups is 1. The molecule has 3 unspecified atom stereocenters. The molecule has 0 aromatic heterocycles. The van der Waals surface area contributed by atoms with Crippen molar-refractivity contribution in [3.8, 4) is 0 Å². The van der Waals surface area contributed by atoms with E-state index in [4.69, 9.17) is 23.2 Å². The first-order chi connectivity index (χ1) is 15.4. The van der Waals surface area contributed by atoms with Crippen molar-refractivity contribution in [3.63, 3.8) is 0 Å². The van der Waals surface area contributed by atoms with Crippen LogP contribution >= 0.6 is 23.2 Å². The molecule has 0 aromatic rings. The van der Waals surface area contributed by atoms with Crippen LogP contribution in [-0.2, 0) is 0 Å². The highest BCUT2D eigenvalue weighted by Gasteiger charge is 2.52. The van der Waals surface area contributed by atoms with Crippen LogP contribution in [0.25, 0.3) is 0 Å². The lowest BCUT2D eigenvalue weighted by Crippen LogP contribution is -2.47. The highest BCUT2D eigenvalue weighted by molar-refractivity contribution is 6.33. The molecule has 0 saturated heterocycles. The molecule has 5 heteroatoms. The molecule has 4 bridgehead atoms. The number of hydrogen-bond acceptors (Lipinski definition) is 3. The van der Waals surface area contributed by atoms with Crippen LogP contribution in [-0.4, -0.2) is 42.4 Å². The molecule has 174 valence electrons. The predicted octanol–water partition coefficient (Wildman–Crippen LogP) is 5.79. The molecule has 0 radical (unpaired) electrons. The van der Waals surface area contributed by atoms with E-state index in [0.29, 0.717) is 28.5 Å². The van der Waals surface area contributed by atoms with E-state index in [0.717, 1.165) is 30.8 Å². The topological polar surface area (TPSA) is 44.6 Å². The van der Waals surface area contributed by atoms with Gasteiger partial charge in [-0.2, -0.15) is 0 Å². The average molecular weight is 476 g/mol. The second-order valence-corrected chi connectivity index (χ2v) is 12.0. The van der Waals surface area contributed by atoms with Crippen molar-refractivity contribution in [2.75, 3.05) is 19.6 Å². The van der Waals surface area contributed by atoms with Crippen LogP contribution < -0.4 is 5.32 Å². The maximum Gasteiger partial charge on any atom is 0.100 e. The molecule has 6 aliphatic carbocycles. The predicted molar refractivity (Wildman–Crippen MR) is 134 cm³/mol. The van der Waals surface area contributed by atoms with Crippen LogP contribution in [0.3, 0.4) is 0 Å². The normalized spacial score (nSPS) is 40.9. The van der Waals surface area contributed by atoms with E-state index in [1.165, 1.54) is 50.5 Å². The van der Waals surface area contributed by atoms with Gasteiger partial charge in [-0.15, -0.1) is 11.6 Å². The summed E-state index contributed by atoms with van der Waals surface area (Å²) >= 11 is 12.1. The van der Waals surface area contributed by atoms with Gasteiger partial charge in [-0.3, -0.25) is 4.99 Å². The number of allylic oxidation sites excluding steroid dienone is 5. The highest BCUT2D eigenvalue weighted by atomic mass is 35.5. The van der Waals surface area contributed by atoms with E-state index in [-0.39, 0.29) is 0 Å². The standard InChI is InChI=1S/C27H36Cl2N2O/c1-17-4-21(15-30-2-3-31-16-22-10-24(28)11-25(29)26(22)32)9-23(5-17)27-12-18-6-19(13-27)8-20(7-18)14-27/h4-5,10-11,16,18-21,25-26,30,32H,2-3,6-9,12-15H2,1H3/b31-16+. The molecule has 3 nitrogen and oxygen atoms in total. The van der Waals surface area contributed by atoms with Gasteiger partial charge in [0.1, 0.15) is 6.10 Å². The monoisotopic (exact) mass is 474 g/mol. The fraction of sp³-hybridized carbons (Fsp3) is 0.667. The second-order valence-electron chi connectivity index (χ2n) is 11.1. The maximum absolute atomic E-state index is 10.1. The van der Waals surface area contributed by atoms with Crippen molar-refractivity contribution >= 4 is 29.4 Å². The quantitative estimate of drug-likeness (QED) is 0.278. The zero-order chi connectivity index (χ0) is 22.3. The Hall–Kier alpha value is -0.870. The average Bonchev–Trinajstić information content (AvgIpc) is 2.72. The molecule has 0 aliphatic heterocycles. The summed E-state index contributed by atoms with van der Waals surface area (Å²) in [6, 6.07) is 0. The van der Waals surface area contributed by atoms with Gasteiger partial charge < -0.3 is 10.4 Å². The minimum Gasteiger partial charge on any atom is -0.386 e. The Balaban J connectivity index is 1.11. The molecule has 6 aliphatic rings. The van der Waals surface area contributed by atoms with E-state index >= 15 is 0 Å². The van der Waals surface area contributed by atoms with Crippen LogP contribution in [0, 0.1) is 29.1 Å². The number of rotatable bonds is 7. The van der Waals surface area contributed by atoms with E-state index < -0.39 is 11.5 Å². The number of hydrogen-bond donors (Lipinski definition) is 2. The van der Waals surface area contributed by atoms with Crippen LogP contribution in [0.1, 0.15) is 51.9 Å². The number of aliphatic hydroxyl groups is 1. The van der Waals surface area contributed by atoms with Gasteiger partial charge in [0.25, 0.3) is 0 Å². The SMILES string of the molecule is CC1=CC(CNCC/N=C/C2=CC(Cl)=CC(Cl)C2O)CC(C23CC4CC(CC(C4)C2)C3)=C1. The Bertz CT molecular complexity index is 849. The third kappa shape index (κ3) is 4.82. The molecule has 0 amide bonds. The molecule has 3 atom stereocenters. The minimum atomic E-state index is -0.749. The van der Waals surface area contributed by atoms with Crippen LogP contribution in [0.5, 0.6) is 0 Å². The van der Waals surface area contributed by atoms with Crippen LogP contribution in [0.4, 0.5) is 0 Å². The summed E-state index contributed by atoms with van der Waals surface area (Å²) in [6.07, 6.45) is 19.5. The molecule has 0 heterocycles. The molecular weight excluding hydrogens is 439 g/mol. The van der Waals surface area contributed by atoms with Crippen molar-refractivity contribution in [2.45, 2.75) is 63.4 Å². The first kappa shape index (κ1) is 22.9. The Kier molecular flexibility index (Phi) is 6.73. The van der Waals surface area contributed by atoms with E-state index in [1.54, 1.807) is 23.9 Å². The summed E-state index contributed by atoms with van der Waals surface area (Å²) in [7, 11) is 0. The largest absolute Gasteiger partial charge is 0.386 e. The number of halogens is 2. The summed E-state index contributed by atoms with van der Waals surface area (Å²) in [6.45, 7) is 4.78. The van der Waals surface area contributed by atoms with E-state index in [9.17, 15) is 5.11 Å². The molecule has 2 N–H and O–H groups in total. The van der Waals surface area contributed by atoms with Gasteiger partial charge in [0.05, 0.1) is 11.9 Å². The van der Waals surface area contributed by atoms with Gasteiger partial charge in [-0.25, -0.2) is 0 Å². The van der Waals surface area contributed by atoms with Gasteiger partial charge in [-0.1, -0.05) is 34.9 Å². The van der Waals surface area contributed by atoms with Gasteiger partial charge in [0, 0.05) is 29.9 Å². The zero-order valence-corrected chi connectivity index (χ0v) is 20.6. The molecule has 0 spiro atoms. The summed E-state index contributed by atoms with van der Waals surface area (Å²) < 4.78 is 0. The maximum atomic E-state index is 10.1. The van der Waals surface area contributed by atoms with Crippen LogP contribution in [0.2, 0.25) is 0 Å². The molecule has 4 saturated carbocycles. The number of nitrogens with one attached hydrogen (secondary N) is 1. The van der Waals surface area contributed by atoms with E-state index in [1.807, 2.05) is 0 Å². The van der Waals surface area contributed by atoms with Gasteiger partial charge in [-0.05, 0) is 93.1 Å². The first-order valence-electron chi connectivity index (χ1n) is 12.4. The van der Waals surface area contributed by atoms with Crippen LogP contribution in [0.15, 0.2) is 51.0 Å².